The van der Waals surface area contributed by atoms with E-state index in [0.29, 0.717) is 0 Å². The number of halogens is 4. The zero-order valence-corrected chi connectivity index (χ0v) is 23.1. The fourth-order valence-corrected chi connectivity index (χ4v) is 0. The Bertz CT molecular complexity index is 9.65. The van der Waals surface area contributed by atoms with Gasteiger partial charge in [0.05, 0.1) is 0 Å². The second-order valence-electron chi connectivity index (χ2n) is 0. The van der Waals surface area contributed by atoms with Gasteiger partial charge in [0.25, 0.3) is 0 Å². The molecule has 7 heavy (non-hydrogen) atoms. The molecule has 0 amide bonds. The second-order valence-corrected chi connectivity index (χ2v) is 0. The Morgan fingerprint density at radius 2 is 0.429 bits per heavy atom. The molecule has 0 N–H and O–H groups in total. The molecule has 7 heteroatoms. The van der Waals surface area contributed by atoms with Gasteiger partial charge in [0.1, 0.15) is 0 Å². The molecule has 0 aromatic carbocycles. The van der Waals surface area contributed by atoms with Crippen molar-refractivity contribution in [3.63, 3.8) is 0 Å². The van der Waals surface area contributed by atoms with Crippen molar-refractivity contribution in [1.82, 2.24) is 0 Å². The predicted molar refractivity (Wildman–Crippen MR) is 0 cm³/mol. The first-order chi connectivity index (χ1) is 0. The van der Waals surface area contributed by atoms with Gasteiger partial charge >= 0.3 is 130 Å². The summed E-state index contributed by atoms with van der Waals surface area (Å²) < 4.78 is 0. The fraction of sp³-hybridized carbons (Fsp3) is 0. The first-order valence-corrected chi connectivity index (χ1v) is 0. The van der Waals surface area contributed by atoms with E-state index in [-0.39, 0.29) is 226 Å². The summed E-state index contributed by atoms with van der Waals surface area (Å²) in [7, 11) is 0. The van der Waals surface area contributed by atoms with Crippen molar-refractivity contribution >= 4 is 0 Å². The SMILES string of the molecule is [Cd+2].[I-].[I-].[I-].[I-].[K+].[K+]. The summed E-state index contributed by atoms with van der Waals surface area (Å²) in [4.78, 5) is 0. The van der Waals surface area contributed by atoms with Crippen LogP contribution < -0.4 is 199 Å². The molecule has 0 saturated carbocycles. The van der Waals surface area contributed by atoms with Gasteiger partial charge in [-0.25, -0.2) is 0 Å². The Morgan fingerprint density at radius 1 is 0.429 bits per heavy atom. The summed E-state index contributed by atoms with van der Waals surface area (Å²) in [5.74, 6) is 0. The summed E-state index contributed by atoms with van der Waals surface area (Å²) >= 11 is 0. The van der Waals surface area contributed by atoms with Gasteiger partial charge in [0.2, 0.25) is 0 Å². The minimum absolute atomic E-state index is 0. The zero-order valence-electron chi connectivity index (χ0n) is 4.22. The van der Waals surface area contributed by atoms with Crippen LogP contribution in [-0.2, 0) is 27.3 Å². The van der Waals surface area contributed by atoms with Crippen molar-refractivity contribution < 1.29 is 226 Å². The Balaban J connectivity index is 0. The molecule has 0 aromatic heterocycles. The molecule has 0 spiro atoms. The minimum Gasteiger partial charge on any atom is -1.00 e. The molecule has 0 radical (unpaired) electrons. The molecule has 0 rings (SSSR count). The number of hydrogen-bond acceptors (Lipinski definition) is 0. The van der Waals surface area contributed by atoms with Crippen LogP contribution >= 0.6 is 0 Å². The number of hydrogen-bond donors (Lipinski definition) is 0. The summed E-state index contributed by atoms with van der Waals surface area (Å²) in [5, 5.41) is 0. The maximum atomic E-state index is 0. The van der Waals surface area contributed by atoms with Crippen molar-refractivity contribution in [2.45, 2.75) is 0 Å². The molecule has 0 heterocycles. The summed E-state index contributed by atoms with van der Waals surface area (Å²) in [6, 6.07) is 0. The normalized spacial score (nSPS) is 0. The van der Waals surface area contributed by atoms with Crippen LogP contribution in [-0.4, -0.2) is 0 Å². The quantitative estimate of drug-likeness (QED) is 0.175. The van der Waals surface area contributed by atoms with Gasteiger partial charge in [0.15, 0.2) is 0 Å². The van der Waals surface area contributed by atoms with Gasteiger partial charge < -0.3 is 95.9 Å². The molecule has 0 bridgehead atoms. The van der Waals surface area contributed by atoms with Gasteiger partial charge in [-0.3, -0.25) is 0 Å². The average Bonchev–Trinajstić information content (AvgIpc) is 0. The van der Waals surface area contributed by atoms with Crippen LogP contribution in [0.15, 0.2) is 0 Å². The van der Waals surface area contributed by atoms with Crippen LogP contribution in [0.5, 0.6) is 0 Å². The van der Waals surface area contributed by atoms with Crippen LogP contribution in [0.2, 0.25) is 0 Å². The van der Waals surface area contributed by atoms with Crippen molar-refractivity contribution in [2.75, 3.05) is 0 Å². The van der Waals surface area contributed by atoms with Gasteiger partial charge in [-0.1, -0.05) is 0 Å². The van der Waals surface area contributed by atoms with Crippen molar-refractivity contribution in [2.24, 2.45) is 0 Å². The zero-order chi connectivity index (χ0) is 0. The molecule has 0 aliphatic rings. The van der Waals surface area contributed by atoms with E-state index >= 15 is 0 Å². The van der Waals surface area contributed by atoms with E-state index in [1.54, 1.807) is 0 Å². The van der Waals surface area contributed by atoms with Gasteiger partial charge in [-0.05, 0) is 0 Å². The van der Waals surface area contributed by atoms with Crippen molar-refractivity contribution in [3.8, 4) is 0 Å². The van der Waals surface area contributed by atoms with Gasteiger partial charge in [-0.2, -0.15) is 0 Å². The first-order valence-electron chi connectivity index (χ1n) is 0. The third-order valence-corrected chi connectivity index (χ3v) is 0. The van der Waals surface area contributed by atoms with Crippen molar-refractivity contribution in [3.05, 3.63) is 0 Å². The van der Waals surface area contributed by atoms with Crippen LogP contribution in [0, 0.1) is 0 Å². The molecule has 32 valence electrons. The maximum absolute atomic E-state index is 0. The molecular formula is CdI4K2. The van der Waals surface area contributed by atoms with E-state index in [1.165, 1.54) is 0 Å². The van der Waals surface area contributed by atoms with Gasteiger partial charge in [0, 0.05) is 0 Å². The van der Waals surface area contributed by atoms with Crippen LogP contribution in [0.3, 0.4) is 0 Å². The Labute approximate surface area is 218 Å². The monoisotopic (exact) mass is 699 g/mol. The number of rotatable bonds is 0. The molecule has 0 atom stereocenters. The third-order valence-electron chi connectivity index (χ3n) is 0. The van der Waals surface area contributed by atoms with E-state index in [2.05, 4.69) is 0 Å². The summed E-state index contributed by atoms with van der Waals surface area (Å²) in [6.07, 6.45) is 0. The fourth-order valence-electron chi connectivity index (χ4n) is 0. The second kappa shape index (κ2) is 38.0. The van der Waals surface area contributed by atoms with Gasteiger partial charge in [-0.15, -0.1) is 0 Å². The smallest absolute Gasteiger partial charge is 1.00 e. The molecule has 0 nitrogen and oxygen atoms in total. The molecule has 0 fully saturated rings. The largest absolute Gasteiger partial charge is 2.00 e. The Kier molecular flexibility index (Phi) is 261. The maximum Gasteiger partial charge on any atom is 2.00 e. The van der Waals surface area contributed by atoms with E-state index < -0.39 is 0 Å². The molecule has 0 aliphatic heterocycles. The molecule has 0 saturated heterocycles. The minimum atomic E-state index is 0. The van der Waals surface area contributed by atoms with Crippen LogP contribution in [0.4, 0.5) is 0 Å². The van der Waals surface area contributed by atoms with Crippen molar-refractivity contribution in [1.29, 1.82) is 0 Å². The van der Waals surface area contributed by atoms with E-state index in [4.69, 9.17) is 0 Å². The van der Waals surface area contributed by atoms with Crippen LogP contribution in [0.25, 0.3) is 0 Å². The van der Waals surface area contributed by atoms with E-state index in [9.17, 15) is 0 Å². The molecule has 0 aliphatic carbocycles. The molecular weight excluding hydrogens is 698 g/mol. The van der Waals surface area contributed by atoms with E-state index in [0.717, 1.165) is 0 Å². The third kappa shape index (κ3) is 32.0. The Morgan fingerprint density at radius 3 is 0.429 bits per heavy atom. The van der Waals surface area contributed by atoms with Crippen LogP contribution in [0.1, 0.15) is 0 Å². The predicted octanol–water partition coefficient (Wildman–Crippen LogP) is -18.0. The molecule has 0 unspecified atom stereocenters. The first kappa shape index (κ1) is 48.0. The summed E-state index contributed by atoms with van der Waals surface area (Å²) in [6.45, 7) is 0. The molecule has 0 aromatic rings. The topological polar surface area (TPSA) is 0 Å². The summed E-state index contributed by atoms with van der Waals surface area (Å²) in [5.41, 5.74) is 0. The Hall–Kier alpha value is 7.11. The standard InChI is InChI=1S/Cd.4HI.2K/h;4*1H;;/q+2;;;;;2*+1/p-4. The van der Waals surface area contributed by atoms with E-state index in [1.807, 2.05) is 0 Å². The average molecular weight is 698 g/mol.